The van der Waals surface area contributed by atoms with Crippen LogP contribution in [0.15, 0.2) is 17.3 Å². The normalized spacial score (nSPS) is 19.0. The van der Waals surface area contributed by atoms with Crippen molar-refractivity contribution < 1.29 is 8.42 Å². The van der Waals surface area contributed by atoms with Crippen LogP contribution in [0.2, 0.25) is 0 Å². The van der Waals surface area contributed by atoms with Gasteiger partial charge in [-0.15, -0.1) is 0 Å². The monoisotopic (exact) mass is 315 g/mol. The Bertz CT molecular complexity index is 568. The fourth-order valence-corrected chi connectivity index (χ4v) is 3.86. The van der Waals surface area contributed by atoms with Gasteiger partial charge in [0, 0.05) is 44.5 Å². The average molecular weight is 315 g/mol. The topological polar surface area (TPSA) is 84.5 Å². The second-order valence-electron chi connectivity index (χ2n) is 6.29. The first kappa shape index (κ1) is 16.4. The Balaban J connectivity index is 2.07. The molecule has 8 heteroatoms. The molecule has 0 atom stereocenters. The molecule has 1 aliphatic heterocycles. The molecular weight excluding hydrogens is 290 g/mol. The molecule has 0 saturated carbocycles. The first-order valence-electron chi connectivity index (χ1n) is 7.23. The maximum Gasteiger partial charge on any atom is 0.246 e. The number of hydrogen-bond acceptors (Lipinski definition) is 5. The third-order valence-corrected chi connectivity index (χ3v) is 5.64. The first-order chi connectivity index (χ1) is 9.75. The van der Waals surface area contributed by atoms with Gasteiger partial charge in [0.05, 0.1) is 12.7 Å². The number of piperazine rings is 1. The van der Waals surface area contributed by atoms with Crippen molar-refractivity contribution in [2.75, 3.05) is 32.7 Å². The van der Waals surface area contributed by atoms with Crippen molar-refractivity contribution in [2.45, 2.75) is 37.8 Å². The SMILES string of the molecule is CC(C)(C)N1CCN(S(=O)(=O)c2cnn(CCN)c2)CC1. The molecule has 0 aromatic carbocycles. The number of nitrogens with two attached hydrogens (primary N) is 1. The van der Waals surface area contributed by atoms with E-state index < -0.39 is 10.0 Å². The van der Waals surface area contributed by atoms with Gasteiger partial charge in [0.15, 0.2) is 0 Å². The number of sulfonamides is 1. The van der Waals surface area contributed by atoms with Crippen molar-refractivity contribution >= 4 is 10.0 Å². The van der Waals surface area contributed by atoms with Crippen LogP contribution in [-0.2, 0) is 16.6 Å². The summed E-state index contributed by atoms with van der Waals surface area (Å²) in [6.07, 6.45) is 2.96. The van der Waals surface area contributed by atoms with E-state index in [1.165, 1.54) is 6.20 Å². The van der Waals surface area contributed by atoms with E-state index in [9.17, 15) is 8.42 Å². The molecule has 1 aromatic rings. The Morgan fingerprint density at radius 1 is 1.24 bits per heavy atom. The van der Waals surface area contributed by atoms with E-state index in [1.807, 2.05) is 0 Å². The van der Waals surface area contributed by atoms with E-state index >= 15 is 0 Å². The smallest absolute Gasteiger partial charge is 0.246 e. The summed E-state index contributed by atoms with van der Waals surface area (Å²) >= 11 is 0. The fourth-order valence-electron chi connectivity index (χ4n) is 2.48. The summed E-state index contributed by atoms with van der Waals surface area (Å²) in [5.74, 6) is 0. The minimum absolute atomic E-state index is 0.0713. The van der Waals surface area contributed by atoms with Crippen LogP contribution in [0.4, 0.5) is 0 Å². The van der Waals surface area contributed by atoms with Crippen molar-refractivity contribution in [3.63, 3.8) is 0 Å². The largest absolute Gasteiger partial charge is 0.329 e. The summed E-state index contributed by atoms with van der Waals surface area (Å²) in [5.41, 5.74) is 5.52. The fraction of sp³-hybridized carbons (Fsp3) is 0.769. The molecule has 0 aliphatic carbocycles. The second kappa shape index (κ2) is 6.04. The standard InChI is InChI=1S/C13H25N5O2S/c1-13(2,3)16-6-8-18(9-7-16)21(19,20)12-10-15-17(11-12)5-4-14/h10-11H,4-9,14H2,1-3H3. The van der Waals surface area contributed by atoms with E-state index in [0.29, 0.717) is 26.2 Å². The highest BCUT2D eigenvalue weighted by atomic mass is 32.2. The molecule has 2 rings (SSSR count). The maximum atomic E-state index is 12.6. The third kappa shape index (κ3) is 3.63. The molecule has 1 saturated heterocycles. The summed E-state index contributed by atoms with van der Waals surface area (Å²) in [5, 5.41) is 4.04. The highest BCUT2D eigenvalue weighted by Crippen LogP contribution is 2.20. The van der Waals surface area contributed by atoms with E-state index in [4.69, 9.17) is 5.73 Å². The molecule has 7 nitrogen and oxygen atoms in total. The zero-order chi connectivity index (χ0) is 15.7. The average Bonchev–Trinajstić information content (AvgIpc) is 2.88. The lowest BCUT2D eigenvalue weighted by Gasteiger charge is -2.41. The Morgan fingerprint density at radius 3 is 2.38 bits per heavy atom. The van der Waals surface area contributed by atoms with Gasteiger partial charge in [-0.1, -0.05) is 0 Å². The predicted molar refractivity (Wildman–Crippen MR) is 81.4 cm³/mol. The van der Waals surface area contributed by atoms with Crippen LogP contribution >= 0.6 is 0 Å². The Morgan fingerprint density at radius 2 is 1.86 bits per heavy atom. The lowest BCUT2D eigenvalue weighted by molar-refractivity contribution is 0.0922. The molecule has 0 amide bonds. The van der Waals surface area contributed by atoms with Crippen molar-refractivity contribution in [1.82, 2.24) is 19.0 Å². The lowest BCUT2D eigenvalue weighted by Crippen LogP contribution is -2.54. The number of aromatic nitrogens is 2. The molecule has 1 fully saturated rings. The highest BCUT2D eigenvalue weighted by Gasteiger charge is 2.32. The van der Waals surface area contributed by atoms with Crippen molar-refractivity contribution in [1.29, 1.82) is 0 Å². The molecule has 1 aliphatic rings. The van der Waals surface area contributed by atoms with Crippen molar-refractivity contribution in [3.05, 3.63) is 12.4 Å². The Labute approximate surface area is 126 Å². The van der Waals surface area contributed by atoms with Gasteiger partial charge < -0.3 is 5.73 Å². The molecule has 2 N–H and O–H groups in total. The zero-order valence-corrected chi connectivity index (χ0v) is 13.8. The highest BCUT2D eigenvalue weighted by molar-refractivity contribution is 7.89. The van der Waals surface area contributed by atoms with Crippen LogP contribution in [0.3, 0.4) is 0 Å². The number of nitrogens with zero attached hydrogens (tertiary/aromatic N) is 4. The van der Waals surface area contributed by atoms with Crippen LogP contribution in [-0.4, -0.2) is 65.7 Å². The molecule has 120 valence electrons. The van der Waals surface area contributed by atoms with E-state index in [2.05, 4.69) is 30.8 Å². The molecule has 2 heterocycles. The van der Waals surface area contributed by atoms with Crippen molar-refractivity contribution in [3.8, 4) is 0 Å². The van der Waals surface area contributed by atoms with Gasteiger partial charge in [0.1, 0.15) is 4.90 Å². The molecular formula is C13H25N5O2S. The number of rotatable bonds is 4. The summed E-state index contributed by atoms with van der Waals surface area (Å²) in [7, 11) is -3.45. The molecule has 1 aromatic heterocycles. The van der Waals surface area contributed by atoms with Gasteiger partial charge in [0.2, 0.25) is 10.0 Å². The lowest BCUT2D eigenvalue weighted by atomic mass is 10.1. The second-order valence-corrected chi connectivity index (χ2v) is 8.23. The maximum absolute atomic E-state index is 12.6. The summed E-state index contributed by atoms with van der Waals surface area (Å²) in [6, 6.07) is 0. The molecule has 21 heavy (non-hydrogen) atoms. The van der Waals surface area contributed by atoms with Crippen LogP contribution in [0.1, 0.15) is 20.8 Å². The van der Waals surface area contributed by atoms with Gasteiger partial charge >= 0.3 is 0 Å². The predicted octanol–water partition coefficient (Wildman–Crippen LogP) is -0.0534. The number of hydrogen-bond donors (Lipinski definition) is 1. The van der Waals surface area contributed by atoms with Gasteiger partial charge in [0.25, 0.3) is 0 Å². The van der Waals surface area contributed by atoms with Crippen molar-refractivity contribution in [2.24, 2.45) is 5.73 Å². The minimum Gasteiger partial charge on any atom is -0.329 e. The minimum atomic E-state index is -3.45. The van der Waals surface area contributed by atoms with E-state index in [-0.39, 0.29) is 10.4 Å². The Hall–Kier alpha value is -0.960. The van der Waals surface area contributed by atoms with Gasteiger partial charge in [-0.2, -0.15) is 9.40 Å². The molecule has 0 bridgehead atoms. The van der Waals surface area contributed by atoms with E-state index in [0.717, 1.165) is 13.1 Å². The van der Waals surface area contributed by atoms with Crippen LogP contribution in [0.5, 0.6) is 0 Å². The molecule has 0 spiro atoms. The summed E-state index contributed by atoms with van der Waals surface area (Å²) < 4.78 is 28.3. The van der Waals surface area contributed by atoms with E-state index in [1.54, 1.807) is 15.2 Å². The van der Waals surface area contributed by atoms with Crippen LogP contribution in [0.25, 0.3) is 0 Å². The van der Waals surface area contributed by atoms with Gasteiger partial charge in [-0.25, -0.2) is 8.42 Å². The zero-order valence-electron chi connectivity index (χ0n) is 13.0. The summed E-state index contributed by atoms with van der Waals surface area (Å²) in [4.78, 5) is 2.55. The van der Waals surface area contributed by atoms with Crippen LogP contribution in [0, 0.1) is 0 Å². The summed E-state index contributed by atoms with van der Waals surface area (Å²) in [6.45, 7) is 9.93. The third-order valence-electron chi connectivity index (χ3n) is 3.79. The van der Waals surface area contributed by atoms with Gasteiger partial charge in [-0.3, -0.25) is 9.58 Å². The first-order valence-corrected chi connectivity index (χ1v) is 8.67. The Kier molecular flexibility index (Phi) is 4.72. The molecule has 0 radical (unpaired) electrons. The quantitative estimate of drug-likeness (QED) is 0.842. The molecule has 0 unspecified atom stereocenters. The van der Waals surface area contributed by atoms with Gasteiger partial charge in [-0.05, 0) is 20.8 Å². The van der Waals surface area contributed by atoms with Crippen LogP contribution < -0.4 is 5.73 Å².